The van der Waals surface area contributed by atoms with E-state index < -0.39 is 6.10 Å². The molecule has 2 atom stereocenters. The van der Waals surface area contributed by atoms with Crippen LogP contribution in [0.15, 0.2) is 61.1 Å². The zero-order valence-corrected chi connectivity index (χ0v) is 14.3. The maximum atomic E-state index is 10.9. The van der Waals surface area contributed by atoms with Gasteiger partial charge in [-0.25, -0.2) is 9.97 Å². The van der Waals surface area contributed by atoms with Crippen molar-refractivity contribution in [2.45, 2.75) is 18.4 Å². The third-order valence-electron chi connectivity index (χ3n) is 5.42. The number of nitrogens with zero attached hydrogens (tertiary/aromatic N) is 3. The number of fused-ring (bicyclic) bond motifs is 2. The van der Waals surface area contributed by atoms with Gasteiger partial charge in [-0.3, -0.25) is 0 Å². The monoisotopic (exact) mass is 344 g/mol. The van der Waals surface area contributed by atoms with Crippen LogP contribution in [0.1, 0.15) is 17.9 Å². The second-order valence-corrected chi connectivity index (χ2v) is 6.95. The van der Waals surface area contributed by atoms with Gasteiger partial charge in [0.1, 0.15) is 17.8 Å². The summed E-state index contributed by atoms with van der Waals surface area (Å²) in [6.07, 6.45) is 3.93. The van der Waals surface area contributed by atoms with E-state index >= 15 is 0 Å². The van der Waals surface area contributed by atoms with E-state index in [-0.39, 0.29) is 5.92 Å². The van der Waals surface area contributed by atoms with Crippen LogP contribution >= 0.6 is 0 Å². The van der Waals surface area contributed by atoms with E-state index in [1.165, 1.54) is 16.3 Å². The standard InChI is InChI=1S/C21H20N4O/c26-19-12-25(21-18-7-9-22-20(18)23-13-24-21)10-8-17(19)16-6-5-14-3-1-2-4-15(14)11-16/h1-7,9,11,13,17,19,26H,8,10,12H2,(H,22,23,24)/t17-,19+/m0/s1. The van der Waals surface area contributed by atoms with Gasteiger partial charge in [-0.15, -0.1) is 0 Å². The van der Waals surface area contributed by atoms with Gasteiger partial charge in [0.05, 0.1) is 11.5 Å². The summed E-state index contributed by atoms with van der Waals surface area (Å²) in [6.45, 7) is 1.45. The highest BCUT2D eigenvalue weighted by atomic mass is 16.3. The Morgan fingerprint density at radius 2 is 1.92 bits per heavy atom. The Morgan fingerprint density at radius 1 is 1.04 bits per heavy atom. The summed E-state index contributed by atoms with van der Waals surface area (Å²) >= 11 is 0. The molecule has 0 unspecified atom stereocenters. The number of β-amino-alcohol motifs (C(OH)–C–C–N with tert-alkyl or cyclic N) is 1. The van der Waals surface area contributed by atoms with Crippen LogP contribution in [0.4, 0.5) is 5.82 Å². The first-order valence-corrected chi connectivity index (χ1v) is 8.99. The van der Waals surface area contributed by atoms with Crippen molar-refractivity contribution in [1.29, 1.82) is 0 Å². The number of rotatable bonds is 2. The first-order chi connectivity index (χ1) is 12.8. The molecule has 5 nitrogen and oxygen atoms in total. The molecule has 130 valence electrons. The van der Waals surface area contributed by atoms with Crippen molar-refractivity contribution >= 4 is 27.6 Å². The third-order valence-corrected chi connectivity index (χ3v) is 5.42. The van der Waals surface area contributed by atoms with Crippen LogP contribution in [0.2, 0.25) is 0 Å². The largest absolute Gasteiger partial charge is 0.391 e. The normalized spacial score (nSPS) is 20.7. The van der Waals surface area contributed by atoms with E-state index in [9.17, 15) is 5.11 Å². The van der Waals surface area contributed by atoms with Crippen LogP contribution in [0.25, 0.3) is 21.8 Å². The van der Waals surface area contributed by atoms with Gasteiger partial charge < -0.3 is 15.0 Å². The lowest BCUT2D eigenvalue weighted by Gasteiger charge is -2.37. The van der Waals surface area contributed by atoms with Crippen molar-refractivity contribution in [2.75, 3.05) is 18.0 Å². The summed E-state index contributed by atoms with van der Waals surface area (Å²) in [4.78, 5) is 14.0. The Balaban J connectivity index is 1.42. The fourth-order valence-corrected chi connectivity index (χ4v) is 4.06. The van der Waals surface area contributed by atoms with Gasteiger partial charge in [-0.2, -0.15) is 0 Å². The fraction of sp³-hybridized carbons (Fsp3) is 0.238. The van der Waals surface area contributed by atoms with E-state index in [0.29, 0.717) is 6.54 Å². The molecule has 2 N–H and O–H groups in total. The molecule has 1 aliphatic heterocycles. The van der Waals surface area contributed by atoms with Gasteiger partial charge in [0, 0.05) is 25.2 Å². The number of anilines is 1. The lowest BCUT2D eigenvalue weighted by atomic mass is 9.86. The molecule has 26 heavy (non-hydrogen) atoms. The zero-order valence-electron chi connectivity index (χ0n) is 14.3. The molecule has 1 aliphatic rings. The number of aliphatic hydroxyl groups is 1. The number of H-pyrrole nitrogens is 1. The number of aromatic amines is 1. The number of hydrogen-bond acceptors (Lipinski definition) is 4. The van der Waals surface area contributed by atoms with Gasteiger partial charge >= 0.3 is 0 Å². The Morgan fingerprint density at radius 3 is 2.81 bits per heavy atom. The number of aliphatic hydroxyl groups excluding tert-OH is 1. The number of benzene rings is 2. The predicted molar refractivity (Wildman–Crippen MR) is 103 cm³/mol. The Bertz CT molecular complexity index is 1070. The average molecular weight is 344 g/mol. The van der Waals surface area contributed by atoms with Gasteiger partial charge in [0.25, 0.3) is 0 Å². The van der Waals surface area contributed by atoms with Gasteiger partial charge in [0.2, 0.25) is 0 Å². The van der Waals surface area contributed by atoms with Crippen molar-refractivity contribution < 1.29 is 5.11 Å². The molecule has 1 saturated heterocycles. The first-order valence-electron chi connectivity index (χ1n) is 8.99. The number of piperidine rings is 1. The van der Waals surface area contributed by atoms with Gasteiger partial charge in [-0.05, 0) is 28.8 Å². The van der Waals surface area contributed by atoms with Crippen molar-refractivity contribution in [3.05, 3.63) is 66.6 Å². The minimum absolute atomic E-state index is 0.152. The average Bonchev–Trinajstić information content (AvgIpc) is 3.16. The first kappa shape index (κ1) is 15.3. The quantitative estimate of drug-likeness (QED) is 0.584. The van der Waals surface area contributed by atoms with Crippen LogP contribution in [0.5, 0.6) is 0 Å². The molecule has 0 aliphatic carbocycles. The summed E-state index contributed by atoms with van der Waals surface area (Å²) in [5, 5.41) is 14.3. The van der Waals surface area contributed by atoms with E-state index in [0.717, 1.165) is 29.8 Å². The summed E-state index contributed by atoms with van der Waals surface area (Å²) in [5.41, 5.74) is 2.05. The molecule has 0 spiro atoms. The van der Waals surface area contributed by atoms with E-state index in [4.69, 9.17) is 0 Å². The zero-order chi connectivity index (χ0) is 17.5. The molecule has 5 heteroatoms. The number of hydrogen-bond donors (Lipinski definition) is 2. The van der Waals surface area contributed by atoms with Crippen molar-refractivity contribution in [2.24, 2.45) is 0 Å². The predicted octanol–water partition coefficient (Wildman–Crippen LogP) is 3.47. The molecular weight excluding hydrogens is 324 g/mol. The lowest BCUT2D eigenvalue weighted by molar-refractivity contribution is 0.130. The number of nitrogens with one attached hydrogen (secondary N) is 1. The highest BCUT2D eigenvalue weighted by Crippen LogP contribution is 2.33. The molecule has 3 heterocycles. The lowest BCUT2D eigenvalue weighted by Crippen LogP contribution is -2.43. The summed E-state index contributed by atoms with van der Waals surface area (Å²) < 4.78 is 0. The van der Waals surface area contributed by atoms with E-state index in [2.05, 4.69) is 62.3 Å². The van der Waals surface area contributed by atoms with Gasteiger partial charge in [0.15, 0.2) is 0 Å². The fourth-order valence-electron chi connectivity index (χ4n) is 4.06. The molecule has 0 saturated carbocycles. The smallest absolute Gasteiger partial charge is 0.142 e. The van der Waals surface area contributed by atoms with Crippen molar-refractivity contribution in [3.8, 4) is 0 Å². The molecule has 2 aromatic heterocycles. The SMILES string of the molecule is O[C@@H]1CN(c2ncnc3[nH]ccc23)CC[C@H]1c1ccc2ccccc2c1. The Hall–Kier alpha value is -2.92. The maximum Gasteiger partial charge on any atom is 0.142 e. The Kier molecular flexibility index (Phi) is 3.60. The summed E-state index contributed by atoms with van der Waals surface area (Å²) in [5.74, 6) is 1.05. The molecule has 4 aromatic rings. The van der Waals surface area contributed by atoms with Crippen molar-refractivity contribution in [3.63, 3.8) is 0 Å². The topological polar surface area (TPSA) is 65.0 Å². The van der Waals surface area contributed by atoms with Crippen LogP contribution < -0.4 is 4.90 Å². The van der Waals surface area contributed by atoms with E-state index in [1.807, 2.05) is 12.3 Å². The molecule has 0 amide bonds. The van der Waals surface area contributed by atoms with Crippen LogP contribution in [-0.4, -0.2) is 39.3 Å². The third kappa shape index (κ3) is 2.52. The summed E-state index contributed by atoms with van der Waals surface area (Å²) in [6, 6.07) is 16.9. The highest BCUT2D eigenvalue weighted by Gasteiger charge is 2.30. The molecular formula is C21H20N4O. The van der Waals surface area contributed by atoms with Gasteiger partial charge in [-0.1, -0.05) is 42.5 Å². The Labute approximate surface area is 151 Å². The van der Waals surface area contributed by atoms with Crippen LogP contribution in [0.3, 0.4) is 0 Å². The highest BCUT2D eigenvalue weighted by molar-refractivity contribution is 5.87. The van der Waals surface area contributed by atoms with E-state index in [1.54, 1.807) is 6.33 Å². The van der Waals surface area contributed by atoms with Crippen LogP contribution in [-0.2, 0) is 0 Å². The second kappa shape index (κ2) is 6.11. The minimum atomic E-state index is -0.422. The van der Waals surface area contributed by atoms with Crippen LogP contribution in [0, 0.1) is 0 Å². The molecule has 2 aromatic carbocycles. The minimum Gasteiger partial charge on any atom is -0.391 e. The van der Waals surface area contributed by atoms with Crippen molar-refractivity contribution in [1.82, 2.24) is 15.0 Å². The maximum absolute atomic E-state index is 10.9. The number of aromatic nitrogens is 3. The molecule has 0 bridgehead atoms. The second-order valence-electron chi connectivity index (χ2n) is 6.95. The molecule has 1 fully saturated rings. The molecule has 0 radical (unpaired) electrons. The summed E-state index contributed by atoms with van der Waals surface area (Å²) in [7, 11) is 0. The molecule has 5 rings (SSSR count).